The molecule has 1 atom stereocenters. The highest BCUT2D eigenvalue weighted by molar-refractivity contribution is 5.74. The van der Waals surface area contributed by atoms with Crippen LogP contribution in [0.25, 0.3) is 0 Å². The summed E-state index contributed by atoms with van der Waals surface area (Å²) in [6.45, 7) is 1.17. The fraction of sp³-hybridized carbons (Fsp3) is 0.857. The Morgan fingerprint density at radius 1 is 1.33 bits per heavy atom. The molecule has 1 saturated carbocycles. The van der Waals surface area contributed by atoms with Gasteiger partial charge in [0, 0.05) is 13.0 Å². The average Bonchev–Trinajstić information content (AvgIpc) is 3.13. The Morgan fingerprint density at radius 3 is 2.81 bits per heavy atom. The maximum absolute atomic E-state index is 11.8. The maximum atomic E-state index is 11.8. The molecule has 2 fully saturated rings. The Hall–Kier alpha value is -1.50. The Kier molecular flexibility index (Phi) is 4.19. The molecule has 116 valence electrons. The van der Waals surface area contributed by atoms with Crippen molar-refractivity contribution in [3.8, 4) is 0 Å². The Morgan fingerprint density at radius 2 is 2.14 bits per heavy atom. The van der Waals surface area contributed by atoms with E-state index in [0.717, 1.165) is 44.5 Å². The Bertz CT molecular complexity index is 490. The van der Waals surface area contributed by atoms with Crippen molar-refractivity contribution in [2.24, 2.45) is 5.41 Å². The van der Waals surface area contributed by atoms with E-state index in [9.17, 15) is 9.90 Å². The van der Waals surface area contributed by atoms with Crippen LogP contribution in [0.4, 0.5) is 0 Å². The van der Waals surface area contributed by atoms with Crippen LogP contribution in [-0.2, 0) is 22.5 Å². The second-order valence-corrected chi connectivity index (χ2v) is 6.24. The zero-order valence-electron chi connectivity index (χ0n) is 12.2. The third-order valence-corrected chi connectivity index (χ3v) is 4.76. The number of ether oxygens (including phenoxy) is 1. The molecule has 21 heavy (non-hydrogen) atoms. The van der Waals surface area contributed by atoms with E-state index >= 15 is 0 Å². The van der Waals surface area contributed by atoms with E-state index in [1.54, 1.807) is 4.68 Å². The quantitative estimate of drug-likeness (QED) is 0.883. The van der Waals surface area contributed by atoms with Gasteiger partial charge in [0.25, 0.3) is 0 Å². The number of nitrogens with zero attached hydrogens (tertiary/aromatic N) is 4. The molecule has 7 heteroatoms. The third kappa shape index (κ3) is 3.07. The van der Waals surface area contributed by atoms with Crippen LogP contribution in [-0.4, -0.2) is 44.0 Å². The van der Waals surface area contributed by atoms with Crippen molar-refractivity contribution in [3.05, 3.63) is 5.82 Å². The Labute approximate surface area is 123 Å². The van der Waals surface area contributed by atoms with Crippen molar-refractivity contribution in [2.75, 3.05) is 6.61 Å². The topological polar surface area (TPSA) is 90.1 Å². The summed E-state index contributed by atoms with van der Waals surface area (Å²) in [5, 5.41) is 21.5. The minimum atomic E-state index is -0.722. The van der Waals surface area contributed by atoms with Gasteiger partial charge in [-0.25, -0.2) is 4.68 Å². The molecular formula is C14H22N4O3. The molecule has 0 spiro atoms. The lowest BCUT2D eigenvalue weighted by molar-refractivity contribution is -0.152. The van der Waals surface area contributed by atoms with Crippen LogP contribution in [0.1, 0.15) is 50.8 Å². The zero-order valence-corrected chi connectivity index (χ0v) is 12.2. The van der Waals surface area contributed by atoms with E-state index in [-0.39, 0.29) is 6.10 Å². The Balaban J connectivity index is 1.74. The first kappa shape index (κ1) is 14.4. The highest BCUT2D eigenvalue weighted by Gasteiger charge is 2.41. The van der Waals surface area contributed by atoms with Crippen LogP contribution in [0.3, 0.4) is 0 Å². The van der Waals surface area contributed by atoms with E-state index in [1.165, 1.54) is 0 Å². The number of tetrazole rings is 1. The van der Waals surface area contributed by atoms with Crippen LogP contribution in [0.5, 0.6) is 0 Å². The lowest BCUT2D eigenvalue weighted by Crippen LogP contribution is -2.38. The molecule has 3 rings (SSSR count). The van der Waals surface area contributed by atoms with Gasteiger partial charge in [-0.2, -0.15) is 0 Å². The van der Waals surface area contributed by atoms with E-state index in [4.69, 9.17) is 4.74 Å². The highest BCUT2D eigenvalue weighted by Crippen LogP contribution is 2.38. The van der Waals surface area contributed by atoms with Crippen LogP contribution in [0, 0.1) is 5.41 Å². The molecule has 1 aromatic rings. The number of aliphatic carboxylic acids is 1. The fourth-order valence-electron chi connectivity index (χ4n) is 3.46. The summed E-state index contributed by atoms with van der Waals surface area (Å²) >= 11 is 0. The summed E-state index contributed by atoms with van der Waals surface area (Å²) in [6, 6.07) is 0. The molecule has 2 aliphatic rings. The summed E-state index contributed by atoms with van der Waals surface area (Å²) in [4.78, 5) is 11.8. The van der Waals surface area contributed by atoms with Gasteiger partial charge in [0.15, 0.2) is 5.82 Å². The van der Waals surface area contributed by atoms with Crippen molar-refractivity contribution < 1.29 is 14.6 Å². The number of hydrogen-bond acceptors (Lipinski definition) is 5. The van der Waals surface area contributed by atoms with Gasteiger partial charge in [-0.15, -0.1) is 5.10 Å². The fourth-order valence-corrected chi connectivity index (χ4v) is 3.46. The van der Waals surface area contributed by atoms with Crippen LogP contribution in [0.15, 0.2) is 0 Å². The number of rotatable bonds is 5. The normalized spacial score (nSPS) is 25.0. The molecule has 1 unspecified atom stereocenters. The summed E-state index contributed by atoms with van der Waals surface area (Å²) in [7, 11) is 0. The molecule has 2 heterocycles. The van der Waals surface area contributed by atoms with Crippen LogP contribution in [0.2, 0.25) is 0 Å². The lowest BCUT2D eigenvalue weighted by Gasteiger charge is -2.33. The van der Waals surface area contributed by atoms with Crippen LogP contribution < -0.4 is 0 Å². The van der Waals surface area contributed by atoms with Crippen molar-refractivity contribution in [3.63, 3.8) is 0 Å². The third-order valence-electron chi connectivity index (χ3n) is 4.76. The van der Waals surface area contributed by atoms with E-state index in [0.29, 0.717) is 25.8 Å². The predicted octanol–water partition coefficient (Wildman–Crippen LogP) is 1.43. The lowest BCUT2D eigenvalue weighted by atomic mass is 9.74. The van der Waals surface area contributed by atoms with Gasteiger partial charge >= 0.3 is 5.97 Å². The van der Waals surface area contributed by atoms with Gasteiger partial charge in [-0.05, 0) is 36.1 Å². The molecule has 0 amide bonds. The largest absolute Gasteiger partial charge is 0.481 e. The monoisotopic (exact) mass is 294 g/mol. The molecule has 0 bridgehead atoms. The average molecular weight is 294 g/mol. The molecule has 0 aromatic carbocycles. The summed E-state index contributed by atoms with van der Waals surface area (Å²) in [6.07, 6.45) is 7.41. The molecule has 1 aliphatic heterocycles. The molecule has 7 nitrogen and oxygen atoms in total. The van der Waals surface area contributed by atoms with E-state index < -0.39 is 11.4 Å². The van der Waals surface area contributed by atoms with Gasteiger partial charge in [-0.3, -0.25) is 4.79 Å². The van der Waals surface area contributed by atoms with Gasteiger partial charge in [0.1, 0.15) is 0 Å². The van der Waals surface area contributed by atoms with Crippen molar-refractivity contribution >= 4 is 5.97 Å². The van der Waals surface area contributed by atoms with E-state index in [1.807, 2.05) is 0 Å². The molecule has 1 aliphatic carbocycles. The van der Waals surface area contributed by atoms with Crippen molar-refractivity contribution in [2.45, 2.75) is 64.0 Å². The summed E-state index contributed by atoms with van der Waals surface area (Å²) < 4.78 is 7.30. The van der Waals surface area contributed by atoms with Gasteiger partial charge in [0.05, 0.1) is 18.1 Å². The number of carboxylic acids is 1. The second-order valence-electron chi connectivity index (χ2n) is 6.24. The van der Waals surface area contributed by atoms with Crippen molar-refractivity contribution in [1.82, 2.24) is 20.2 Å². The smallest absolute Gasteiger partial charge is 0.311 e. The molecule has 1 saturated heterocycles. The first-order chi connectivity index (χ1) is 10.2. The number of carbonyl (C=O) groups is 1. The second kappa shape index (κ2) is 6.09. The first-order valence-corrected chi connectivity index (χ1v) is 7.80. The molecule has 1 N–H and O–H groups in total. The SMILES string of the molecule is O=C(O)C1(Cn2nnnc2CC2CCCO2)CCCCC1. The number of aromatic nitrogens is 4. The maximum Gasteiger partial charge on any atom is 0.311 e. The predicted molar refractivity (Wildman–Crippen MR) is 73.6 cm³/mol. The molecule has 0 radical (unpaired) electrons. The standard InChI is InChI=1S/C14H22N4O3/c19-13(20)14(6-2-1-3-7-14)10-18-12(15-16-17-18)9-11-5-4-8-21-11/h11H,1-10H2,(H,19,20). The summed E-state index contributed by atoms with van der Waals surface area (Å²) in [5.74, 6) is 0.0221. The molecule has 1 aromatic heterocycles. The van der Waals surface area contributed by atoms with Crippen LogP contribution >= 0.6 is 0 Å². The highest BCUT2D eigenvalue weighted by atomic mass is 16.5. The van der Waals surface area contributed by atoms with Gasteiger partial charge in [0.2, 0.25) is 0 Å². The van der Waals surface area contributed by atoms with Gasteiger partial charge in [-0.1, -0.05) is 19.3 Å². The minimum absolute atomic E-state index is 0.168. The minimum Gasteiger partial charge on any atom is -0.481 e. The number of hydrogen-bond donors (Lipinski definition) is 1. The first-order valence-electron chi connectivity index (χ1n) is 7.80. The number of carboxylic acid groups (broad SMARTS) is 1. The molecular weight excluding hydrogens is 272 g/mol. The van der Waals surface area contributed by atoms with Crippen molar-refractivity contribution in [1.29, 1.82) is 0 Å². The van der Waals surface area contributed by atoms with E-state index in [2.05, 4.69) is 15.5 Å². The van der Waals surface area contributed by atoms with Gasteiger partial charge < -0.3 is 9.84 Å². The summed E-state index contributed by atoms with van der Waals surface area (Å²) in [5.41, 5.74) is -0.709. The zero-order chi connectivity index (χ0) is 14.7.